The second-order valence-corrected chi connectivity index (χ2v) is 4.80. The Labute approximate surface area is 121 Å². The molecule has 3 nitrogen and oxygen atoms in total. The van der Waals surface area contributed by atoms with Gasteiger partial charge in [-0.3, -0.25) is 4.79 Å². The third kappa shape index (κ3) is 5.34. The Morgan fingerprint density at radius 2 is 2.11 bits per heavy atom. The minimum Gasteiger partial charge on any atom is -0.346 e. The number of hydrogen-bond acceptors (Lipinski definition) is 3. The smallest absolute Gasteiger partial charge is 0.277 e. The second kappa shape index (κ2) is 7.67. The minimum atomic E-state index is -3.07. The average molecular weight is 311 g/mol. The maximum Gasteiger partial charge on any atom is 0.277 e. The number of carbonyl (C=O) groups excluding carboxylic acids is 1. The van der Waals surface area contributed by atoms with Crippen molar-refractivity contribution in [1.82, 2.24) is 5.32 Å². The van der Waals surface area contributed by atoms with E-state index in [1.807, 2.05) is 12.3 Å². The van der Waals surface area contributed by atoms with E-state index >= 15 is 0 Å². The summed E-state index contributed by atoms with van der Waals surface area (Å²) in [5, 5.41) is 2.20. The first kappa shape index (κ1) is 18.1. The van der Waals surface area contributed by atoms with Gasteiger partial charge in [-0.2, -0.15) is 0 Å². The van der Waals surface area contributed by atoms with E-state index in [1.54, 1.807) is 19.1 Å². The number of thioether (sulfide) groups is 1. The maximum absolute atomic E-state index is 12.9. The third-order valence-electron chi connectivity index (χ3n) is 2.50. The number of nitrogens with one attached hydrogen (secondary N) is 1. The van der Waals surface area contributed by atoms with E-state index in [4.69, 9.17) is 5.73 Å². The van der Waals surface area contributed by atoms with Crippen LogP contribution in [0.4, 0.5) is 8.78 Å². The number of benzene rings is 1. The number of aryl methyl sites for hydroxylation is 1. The van der Waals surface area contributed by atoms with Gasteiger partial charge in [0.05, 0.1) is 13.1 Å². The Hall–Kier alpha value is -0.850. The summed E-state index contributed by atoms with van der Waals surface area (Å²) in [4.78, 5) is 12.7. The molecule has 1 aromatic carbocycles. The SMILES string of the molecule is CSc1ccc(C)c(C(=O)NCC(F)(F)CN)c1.Cl. The van der Waals surface area contributed by atoms with Gasteiger partial charge >= 0.3 is 0 Å². The van der Waals surface area contributed by atoms with Crippen molar-refractivity contribution in [2.45, 2.75) is 17.7 Å². The summed E-state index contributed by atoms with van der Waals surface area (Å²) in [5.74, 6) is -3.57. The van der Waals surface area contributed by atoms with Crippen LogP contribution in [0.2, 0.25) is 0 Å². The standard InChI is InChI=1S/C12H16F2N2OS.ClH/c1-8-3-4-9(18-2)5-10(8)11(17)16-7-12(13,14)6-15;/h3-5H,6-7,15H2,1-2H3,(H,16,17);1H. The van der Waals surface area contributed by atoms with Crippen molar-refractivity contribution in [3.8, 4) is 0 Å². The predicted molar refractivity (Wildman–Crippen MR) is 76.5 cm³/mol. The number of hydrogen-bond donors (Lipinski definition) is 2. The van der Waals surface area contributed by atoms with Crippen LogP contribution in [0.15, 0.2) is 23.1 Å². The number of amides is 1. The first-order valence-electron chi connectivity index (χ1n) is 5.40. The van der Waals surface area contributed by atoms with E-state index < -0.39 is 24.9 Å². The van der Waals surface area contributed by atoms with Crippen molar-refractivity contribution in [2.24, 2.45) is 5.73 Å². The Morgan fingerprint density at radius 1 is 1.47 bits per heavy atom. The average Bonchev–Trinajstić information content (AvgIpc) is 2.36. The van der Waals surface area contributed by atoms with Crippen LogP contribution in [0.25, 0.3) is 0 Å². The van der Waals surface area contributed by atoms with Crippen molar-refractivity contribution in [3.05, 3.63) is 29.3 Å². The fraction of sp³-hybridized carbons (Fsp3) is 0.417. The molecule has 0 unspecified atom stereocenters. The quantitative estimate of drug-likeness (QED) is 0.821. The van der Waals surface area contributed by atoms with Crippen LogP contribution >= 0.6 is 24.2 Å². The Morgan fingerprint density at radius 3 is 2.63 bits per heavy atom. The van der Waals surface area contributed by atoms with Crippen LogP contribution in [-0.4, -0.2) is 31.2 Å². The number of nitrogens with two attached hydrogens (primary N) is 1. The predicted octanol–water partition coefficient (Wildman–Crippen LogP) is 2.46. The zero-order chi connectivity index (χ0) is 13.8. The zero-order valence-electron chi connectivity index (χ0n) is 10.7. The molecule has 0 atom stereocenters. The molecule has 0 radical (unpaired) electrons. The monoisotopic (exact) mass is 310 g/mol. The highest BCUT2D eigenvalue weighted by atomic mass is 35.5. The van der Waals surface area contributed by atoms with E-state index in [2.05, 4.69) is 5.32 Å². The van der Waals surface area contributed by atoms with E-state index in [9.17, 15) is 13.6 Å². The number of rotatable bonds is 5. The number of alkyl halides is 2. The summed E-state index contributed by atoms with van der Waals surface area (Å²) in [6.45, 7) is 0.239. The zero-order valence-corrected chi connectivity index (χ0v) is 12.3. The van der Waals surface area contributed by atoms with Crippen LogP contribution in [0.5, 0.6) is 0 Å². The van der Waals surface area contributed by atoms with E-state index in [0.29, 0.717) is 5.56 Å². The summed E-state index contributed by atoms with van der Waals surface area (Å²) in [7, 11) is 0. The highest BCUT2D eigenvalue weighted by molar-refractivity contribution is 7.98. The van der Waals surface area contributed by atoms with Crippen LogP contribution in [0.3, 0.4) is 0 Å². The molecule has 0 heterocycles. The first-order chi connectivity index (χ1) is 8.39. The topological polar surface area (TPSA) is 55.1 Å². The van der Waals surface area contributed by atoms with Crippen LogP contribution in [0, 0.1) is 6.92 Å². The maximum atomic E-state index is 12.9. The summed E-state index contributed by atoms with van der Waals surface area (Å²) in [5.41, 5.74) is 6.07. The minimum absolute atomic E-state index is 0. The van der Waals surface area contributed by atoms with Gasteiger partial charge in [-0.1, -0.05) is 6.07 Å². The Bertz CT molecular complexity index is 444. The summed E-state index contributed by atoms with van der Waals surface area (Å²) < 4.78 is 25.9. The normalized spacial score (nSPS) is 10.8. The number of halogens is 3. The molecule has 0 aromatic heterocycles. The molecule has 0 saturated carbocycles. The molecule has 19 heavy (non-hydrogen) atoms. The van der Waals surface area contributed by atoms with Crippen molar-refractivity contribution in [2.75, 3.05) is 19.3 Å². The lowest BCUT2D eigenvalue weighted by molar-refractivity contribution is 0.0118. The largest absolute Gasteiger partial charge is 0.346 e. The fourth-order valence-electron chi connectivity index (χ4n) is 1.35. The lowest BCUT2D eigenvalue weighted by Gasteiger charge is -2.15. The van der Waals surface area contributed by atoms with Crippen LogP contribution < -0.4 is 11.1 Å². The van der Waals surface area contributed by atoms with E-state index in [1.165, 1.54) is 11.8 Å². The van der Waals surface area contributed by atoms with Gasteiger partial charge in [-0.25, -0.2) is 8.78 Å². The molecular weight excluding hydrogens is 294 g/mol. The molecule has 108 valence electrons. The van der Waals surface area contributed by atoms with Crippen molar-refractivity contribution in [3.63, 3.8) is 0 Å². The van der Waals surface area contributed by atoms with Gasteiger partial charge in [0.25, 0.3) is 11.8 Å². The molecule has 1 rings (SSSR count). The van der Waals surface area contributed by atoms with Gasteiger partial charge < -0.3 is 11.1 Å². The van der Waals surface area contributed by atoms with Gasteiger partial charge in [0.15, 0.2) is 0 Å². The summed E-state index contributed by atoms with van der Waals surface area (Å²) in [6.07, 6.45) is 1.88. The van der Waals surface area contributed by atoms with Gasteiger partial charge in [0.1, 0.15) is 0 Å². The van der Waals surface area contributed by atoms with E-state index in [0.717, 1.165) is 10.5 Å². The van der Waals surface area contributed by atoms with Gasteiger partial charge in [-0.05, 0) is 30.9 Å². The Balaban J connectivity index is 0.00000324. The molecular formula is C12H17ClF2N2OS. The summed E-state index contributed by atoms with van der Waals surface area (Å²) in [6, 6.07) is 5.36. The molecule has 0 saturated heterocycles. The summed E-state index contributed by atoms with van der Waals surface area (Å²) >= 11 is 1.49. The van der Waals surface area contributed by atoms with Gasteiger partial charge in [0, 0.05) is 10.5 Å². The molecule has 0 aliphatic rings. The molecule has 0 aliphatic heterocycles. The molecule has 0 fully saturated rings. The highest BCUT2D eigenvalue weighted by Crippen LogP contribution is 2.19. The highest BCUT2D eigenvalue weighted by Gasteiger charge is 2.27. The molecule has 1 aromatic rings. The molecule has 0 aliphatic carbocycles. The third-order valence-corrected chi connectivity index (χ3v) is 3.22. The van der Waals surface area contributed by atoms with Crippen molar-refractivity contribution < 1.29 is 13.6 Å². The number of carbonyl (C=O) groups is 1. The van der Waals surface area contributed by atoms with E-state index in [-0.39, 0.29) is 12.4 Å². The lowest BCUT2D eigenvalue weighted by atomic mass is 10.1. The fourth-order valence-corrected chi connectivity index (χ4v) is 1.79. The van der Waals surface area contributed by atoms with Gasteiger partial charge in [-0.15, -0.1) is 24.2 Å². The van der Waals surface area contributed by atoms with Gasteiger partial charge in [0.2, 0.25) is 0 Å². The van der Waals surface area contributed by atoms with Crippen molar-refractivity contribution in [1.29, 1.82) is 0 Å². The molecule has 1 amide bonds. The van der Waals surface area contributed by atoms with Crippen LogP contribution in [-0.2, 0) is 0 Å². The molecule has 7 heteroatoms. The Kier molecular flexibility index (Phi) is 7.33. The van der Waals surface area contributed by atoms with Crippen molar-refractivity contribution >= 4 is 30.1 Å². The molecule has 3 N–H and O–H groups in total. The second-order valence-electron chi connectivity index (χ2n) is 3.92. The molecule has 0 spiro atoms. The lowest BCUT2D eigenvalue weighted by Crippen LogP contribution is -2.41. The molecule has 0 bridgehead atoms. The first-order valence-corrected chi connectivity index (χ1v) is 6.63. The van der Waals surface area contributed by atoms with Crippen LogP contribution in [0.1, 0.15) is 15.9 Å².